The fourth-order valence-corrected chi connectivity index (χ4v) is 4.25. The number of carboxylic acids is 1. The fourth-order valence-electron chi connectivity index (χ4n) is 4.25. The lowest BCUT2D eigenvalue weighted by atomic mass is 9.99. The molecule has 0 bridgehead atoms. The van der Waals surface area contributed by atoms with E-state index in [9.17, 15) is 42.6 Å². The normalized spacial score (nSPS) is 14.3. The Labute approximate surface area is 247 Å². The SMILES string of the molecule is CC(C)C[C@H](NC(=O)[C@H](Cc1ccccc1)NC(=O)CNC(=O)CNC([C@@H](N)Cc1ccc(O)cc1)C(F)(F)F)C(=O)O. The number of phenolic OH excluding ortho intramolecular Hbond substituents is 1. The number of benzene rings is 2. The molecule has 0 saturated heterocycles. The minimum atomic E-state index is -4.78. The van der Waals surface area contributed by atoms with Gasteiger partial charge >= 0.3 is 12.1 Å². The largest absolute Gasteiger partial charge is 0.508 e. The first kappa shape index (κ1) is 35.0. The van der Waals surface area contributed by atoms with E-state index in [0.717, 1.165) is 0 Å². The Hall–Kier alpha value is -4.17. The van der Waals surface area contributed by atoms with Gasteiger partial charge in [-0.25, -0.2) is 4.79 Å². The quantitative estimate of drug-likeness (QED) is 0.148. The molecule has 2 rings (SSSR count). The van der Waals surface area contributed by atoms with E-state index in [0.29, 0.717) is 11.1 Å². The van der Waals surface area contributed by atoms with Gasteiger partial charge in [-0.15, -0.1) is 0 Å². The lowest BCUT2D eigenvalue weighted by Gasteiger charge is -2.27. The number of amides is 3. The molecule has 0 spiro atoms. The second-order valence-corrected chi connectivity index (χ2v) is 10.6. The maximum Gasteiger partial charge on any atom is 0.405 e. The van der Waals surface area contributed by atoms with Crippen molar-refractivity contribution in [2.75, 3.05) is 13.1 Å². The number of carboxylic acid groups (broad SMARTS) is 1. The van der Waals surface area contributed by atoms with Crippen LogP contribution in [0.4, 0.5) is 13.2 Å². The van der Waals surface area contributed by atoms with Crippen molar-refractivity contribution in [3.63, 3.8) is 0 Å². The van der Waals surface area contributed by atoms with E-state index in [-0.39, 0.29) is 30.9 Å². The van der Waals surface area contributed by atoms with Gasteiger partial charge in [-0.05, 0) is 42.0 Å². The van der Waals surface area contributed by atoms with E-state index in [1.807, 2.05) is 0 Å². The molecule has 0 radical (unpaired) electrons. The molecular formula is C29H38F3N5O6. The Morgan fingerprint density at radius 2 is 1.44 bits per heavy atom. The van der Waals surface area contributed by atoms with Crippen LogP contribution in [0.15, 0.2) is 54.6 Å². The number of nitrogens with one attached hydrogen (secondary N) is 4. The number of hydrogen-bond acceptors (Lipinski definition) is 7. The van der Waals surface area contributed by atoms with E-state index in [1.54, 1.807) is 44.2 Å². The summed E-state index contributed by atoms with van der Waals surface area (Å²) in [7, 11) is 0. The maximum absolute atomic E-state index is 13.7. The van der Waals surface area contributed by atoms with Crippen LogP contribution in [0, 0.1) is 5.92 Å². The Kier molecular flexibility index (Phi) is 13.4. The zero-order valence-corrected chi connectivity index (χ0v) is 23.9. The molecule has 236 valence electrons. The van der Waals surface area contributed by atoms with Gasteiger partial charge in [-0.3, -0.25) is 19.7 Å². The third kappa shape index (κ3) is 12.7. The van der Waals surface area contributed by atoms with Crippen LogP contribution in [0.25, 0.3) is 0 Å². The maximum atomic E-state index is 13.7. The molecule has 0 aliphatic rings. The highest BCUT2D eigenvalue weighted by atomic mass is 19.4. The van der Waals surface area contributed by atoms with Crippen molar-refractivity contribution in [3.8, 4) is 5.75 Å². The van der Waals surface area contributed by atoms with Crippen molar-refractivity contribution >= 4 is 23.7 Å². The van der Waals surface area contributed by atoms with Gasteiger partial charge in [0.15, 0.2) is 0 Å². The number of hydrogen-bond donors (Lipinski definition) is 7. The minimum Gasteiger partial charge on any atom is -0.508 e. The van der Waals surface area contributed by atoms with E-state index >= 15 is 0 Å². The molecular weight excluding hydrogens is 571 g/mol. The lowest BCUT2D eigenvalue weighted by molar-refractivity contribution is -0.161. The van der Waals surface area contributed by atoms with Crippen LogP contribution >= 0.6 is 0 Å². The summed E-state index contributed by atoms with van der Waals surface area (Å²) in [6.07, 6.45) is -4.79. The number of aliphatic carboxylic acids is 1. The number of carbonyl (C=O) groups excluding carboxylic acids is 3. The second kappa shape index (κ2) is 16.5. The van der Waals surface area contributed by atoms with Gasteiger partial charge in [0.05, 0.1) is 13.1 Å². The zero-order chi connectivity index (χ0) is 32.2. The third-order valence-corrected chi connectivity index (χ3v) is 6.37. The Morgan fingerprint density at radius 3 is 2.00 bits per heavy atom. The third-order valence-electron chi connectivity index (χ3n) is 6.37. The van der Waals surface area contributed by atoms with Crippen LogP contribution < -0.4 is 27.0 Å². The van der Waals surface area contributed by atoms with Crippen LogP contribution in [-0.4, -0.2) is 77.3 Å². The van der Waals surface area contributed by atoms with Gasteiger partial charge in [0.1, 0.15) is 23.9 Å². The van der Waals surface area contributed by atoms with Crippen LogP contribution in [0.1, 0.15) is 31.4 Å². The summed E-state index contributed by atoms with van der Waals surface area (Å²) in [5.74, 6) is -3.79. The molecule has 0 heterocycles. The number of carbonyl (C=O) groups is 4. The fraction of sp³-hybridized carbons (Fsp3) is 0.448. The average molecular weight is 610 g/mol. The topological polar surface area (TPSA) is 183 Å². The van der Waals surface area contributed by atoms with Gasteiger partial charge in [0.25, 0.3) is 0 Å². The van der Waals surface area contributed by atoms with Crippen molar-refractivity contribution < 1.29 is 42.6 Å². The second-order valence-electron chi connectivity index (χ2n) is 10.6. The van der Waals surface area contributed by atoms with E-state index in [4.69, 9.17) is 5.73 Å². The highest BCUT2D eigenvalue weighted by Crippen LogP contribution is 2.24. The van der Waals surface area contributed by atoms with E-state index in [1.165, 1.54) is 24.3 Å². The first-order valence-corrected chi connectivity index (χ1v) is 13.6. The molecule has 0 saturated carbocycles. The van der Waals surface area contributed by atoms with Gasteiger partial charge in [0, 0.05) is 12.5 Å². The van der Waals surface area contributed by atoms with Crippen molar-refractivity contribution in [2.24, 2.45) is 11.7 Å². The zero-order valence-electron chi connectivity index (χ0n) is 23.9. The Bertz CT molecular complexity index is 1210. The van der Waals surface area contributed by atoms with Gasteiger partial charge in [-0.1, -0.05) is 56.3 Å². The number of aromatic hydroxyl groups is 1. The highest BCUT2D eigenvalue weighted by molar-refractivity contribution is 5.92. The summed E-state index contributed by atoms with van der Waals surface area (Å²) in [6.45, 7) is 2.14. The summed E-state index contributed by atoms with van der Waals surface area (Å²) in [4.78, 5) is 49.5. The molecule has 2 aromatic rings. The van der Waals surface area contributed by atoms with Crippen molar-refractivity contribution in [1.82, 2.24) is 21.3 Å². The van der Waals surface area contributed by atoms with Crippen molar-refractivity contribution in [1.29, 1.82) is 0 Å². The molecule has 3 amide bonds. The van der Waals surface area contributed by atoms with Crippen LogP contribution in [0.3, 0.4) is 0 Å². The standard InChI is InChI=1S/C29H38F3N5O6/c1-17(2)12-23(28(42)43)37-27(41)22(14-18-6-4-3-5-7-18)36-25(40)16-34-24(39)15-35-26(29(30,31)32)21(33)13-19-8-10-20(38)11-9-19/h3-11,17,21-23,26,35,38H,12-16,33H2,1-2H3,(H,34,39)(H,36,40)(H,37,41)(H,42,43)/t21-,22-,23-,26?/m0/s1. The van der Waals surface area contributed by atoms with Crippen molar-refractivity contribution in [3.05, 3.63) is 65.7 Å². The number of phenols is 1. The molecule has 0 aliphatic heterocycles. The number of halogens is 3. The summed E-state index contributed by atoms with van der Waals surface area (Å²) in [6, 6.07) is 8.08. The van der Waals surface area contributed by atoms with Gasteiger partial charge in [-0.2, -0.15) is 13.2 Å². The summed E-state index contributed by atoms with van der Waals surface area (Å²) < 4.78 is 41.0. The lowest BCUT2D eigenvalue weighted by Crippen LogP contribution is -2.57. The molecule has 0 aromatic heterocycles. The van der Waals surface area contributed by atoms with E-state index in [2.05, 4.69) is 21.3 Å². The molecule has 2 aromatic carbocycles. The number of rotatable bonds is 16. The average Bonchev–Trinajstić information content (AvgIpc) is 2.92. The first-order chi connectivity index (χ1) is 20.1. The highest BCUT2D eigenvalue weighted by Gasteiger charge is 2.43. The van der Waals surface area contributed by atoms with Gasteiger partial charge in [0.2, 0.25) is 17.7 Å². The molecule has 1 unspecified atom stereocenters. The first-order valence-electron chi connectivity index (χ1n) is 13.6. The Balaban J connectivity index is 1.98. The van der Waals surface area contributed by atoms with Gasteiger partial charge < -0.3 is 31.9 Å². The molecule has 0 aliphatic carbocycles. The minimum absolute atomic E-state index is 0.0219. The predicted octanol–water partition coefficient (Wildman–Crippen LogP) is 1.24. The molecule has 14 heteroatoms. The molecule has 11 nitrogen and oxygen atoms in total. The van der Waals surface area contributed by atoms with Crippen LogP contribution in [-0.2, 0) is 32.0 Å². The van der Waals surface area contributed by atoms with E-state index < -0.39 is 67.1 Å². The summed E-state index contributed by atoms with van der Waals surface area (Å²) in [5, 5.41) is 28.0. The Morgan fingerprint density at radius 1 is 0.837 bits per heavy atom. The predicted molar refractivity (Wildman–Crippen MR) is 152 cm³/mol. The molecule has 0 fully saturated rings. The molecule has 8 N–H and O–H groups in total. The summed E-state index contributed by atoms with van der Waals surface area (Å²) >= 11 is 0. The number of alkyl halides is 3. The summed E-state index contributed by atoms with van der Waals surface area (Å²) in [5.41, 5.74) is 6.92. The number of nitrogens with two attached hydrogens (primary N) is 1. The van der Waals surface area contributed by atoms with Crippen molar-refractivity contribution in [2.45, 2.75) is 63.5 Å². The smallest absolute Gasteiger partial charge is 0.405 e. The molecule has 4 atom stereocenters. The van der Waals surface area contributed by atoms with Crippen LogP contribution in [0.5, 0.6) is 5.75 Å². The van der Waals surface area contributed by atoms with Crippen LogP contribution in [0.2, 0.25) is 0 Å². The monoisotopic (exact) mass is 609 g/mol. The molecule has 43 heavy (non-hydrogen) atoms.